The highest BCUT2D eigenvalue weighted by atomic mass is 32.1. The molecular weight excluding hydrogens is 220 g/mol. The molecule has 0 spiro atoms. The van der Waals surface area contributed by atoms with E-state index in [4.69, 9.17) is 4.74 Å². The molecule has 0 saturated carbocycles. The van der Waals surface area contributed by atoms with Crippen molar-refractivity contribution in [1.29, 1.82) is 0 Å². The van der Waals surface area contributed by atoms with Crippen LogP contribution in [0.5, 0.6) is 0 Å². The van der Waals surface area contributed by atoms with Crippen molar-refractivity contribution in [3.05, 3.63) is 21.4 Å². The topological polar surface area (TPSA) is 26.3 Å². The van der Waals surface area contributed by atoms with Crippen LogP contribution in [0, 0.1) is 13.8 Å². The summed E-state index contributed by atoms with van der Waals surface area (Å²) in [6, 6.07) is 1.95. The summed E-state index contributed by atoms with van der Waals surface area (Å²) in [5.41, 5.74) is 0.601. The zero-order valence-corrected chi connectivity index (χ0v) is 11.5. The number of carbonyl (C=O) groups is 1. The van der Waals surface area contributed by atoms with Crippen LogP contribution in [0.2, 0.25) is 0 Å². The minimum absolute atomic E-state index is 0.0865. The van der Waals surface area contributed by atoms with E-state index in [1.54, 1.807) is 11.3 Å². The van der Waals surface area contributed by atoms with Gasteiger partial charge in [0.25, 0.3) is 0 Å². The lowest BCUT2D eigenvalue weighted by Crippen LogP contribution is -2.26. The fraction of sp³-hybridized carbons (Fsp3) is 0.615. The van der Waals surface area contributed by atoms with Crippen LogP contribution in [-0.4, -0.2) is 18.0 Å². The minimum Gasteiger partial charge on any atom is -0.367 e. The van der Waals surface area contributed by atoms with Crippen LogP contribution in [0.4, 0.5) is 0 Å². The van der Waals surface area contributed by atoms with Crippen LogP contribution in [0.15, 0.2) is 6.07 Å². The molecule has 0 aliphatic rings. The molecule has 0 bridgehead atoms. The van der Waals surface area contributed by atoms with Gasteiger partial charge in [-0.1, -0.05) is 6.92 Å². The highest BCUT2D eigenvalue weighted by Crippen LogP contribution is 2.22. The van der Waals surface area contributed by atoms with E-state index in [2.05, 4.69) is 6.92 Å². The monoisotopic (exact) mass is 240 g/mol. The predicted octanol–water partition coefficient (Wildman–Crippen LogP) is 3.75. The van der Waals surface area contributed by atoms with Gasteiger partial charge in [-0.3, -0.25) is 4.79 Å². The van der Waals surface area contributed by atoms with Gasteiger partial charge < -0.3 is 4.74 Å². The Morgan fingerprint density at radius 3 is 2.50 bits per heavy atom. The van der Waals surface area contributed by atoms with Crippen molar-refractivity contribution < 1.29 is 9.53 Å². The molecule has 0 saturated heterocycles. The lowest BCUT2D eigenvalue weighted by molar-refractivity contribution is -0.0122. The number of thiophene rings is 1. The van der Waals surface area contributed by atoms with Crippen LogP contribution < -0.4 is 0 Å². The SMILES string of the molecule is CCC(C)(C)OCC(=O)c1cc(C)sc1C. The largest absolute Gasteiger partial charge is 0.367 e. The molecule has 90 valence electrons. The normalized spacial score (nSPS) is 11.8. The summed E-state index contributed by atoms with van der Waals surface area (Å²) >= 11 is 1.66. The van der Waals surface area contributed by atoms with Gasteiger partial charge >= 0.3 is 0 Å². The molecular formula is C13H20O2S. The van der Waals surface area contributed by atoms with Gasteiger partial charge in [0.15, 0.2) is 5.78 Å². The summed E-state index contributed by atoms with van der Waals surface area (Å²) in [6.07, 6.45) is 0.905. The summed E-state index contributed by atoms with van der Waals surface area (Å²) in [5, 5.41) is 0. The first kappa shape index (κ1) is 13.4. The second-order valence-corrected chi connectivity index (χ2v) is 6.11. The molecule has 0 aromatic carbocycles. The van der Waals surface area contributed by atoms with Crippen molar-refractivity contribution in [3.8, 4) is 0 Å². The molecule has 0 fully saturated rings. The standard InChI is InChI=1S/C13H20O2S/c1-6-13(4,5)15-8-12(14)11-7-9(2)16-10(11)3/h7H,6,8H2,1-5H3. The van der Waals surface area contributed by atoms with Crippen molar-refractivity contribution in [3.63, 3.8) is 0 Å². The molecule has 16 heavy (non-hydrogen) atoms. The molecule has 1 rings (SSSR count). The maximum atomic E-state index is 11.9. The minimum atomic E-state index is -0.214. The number of hydrogen-bond donors (Lipinski definition) is 0. The molecule has 0 radical (unpaired) electrons. The summed E-state index contributed by atoms with van der Waals surface area (Å²) in [4.78, 5) is 14.2. The summed E-state index contributed by atoms with van der Waals surface area (Å²) in [5.74, 6) is 0.0865. The van der Waals surface area contributed by atoms with Gasteiger partial charge in [0.1, 0.15) is 6.61 Å². The van der Waals surface area contributed by atoms with Gasteiger partial charge in [-0.05, 0) is 40.2 Å². The summed E-state index contributed by atoms with van der Waals surface area (Å²) in [6.45, 7) is 10.3. The second kappa shape index (κ2) is 5.11. The zero-order valence-electron chi connectivity index (χ0n) is 10.7. The quantitative estimate of drug-likeness (QED) is 0.733. The highest BCUT2D eigenvalue weighted by Gasteiger charge is 2.19. The molecule has 0 N–H and O–H groups in total. The summed E-state index contributed by atoms with van der Waals surface area (Å²) in [7, 11) is 0. The molecule has 0 unspecified atom stereocenters. The van der Waals surface area contributed by atoms with E-state index in [0.29, 0.717) is 0 Å². The Balaban J connectivity index is 2.63. The lowest BCUT2D eigenvalue weighted by Gasteiger charge is -2.22. The van der Waals surface area contributed by atoms with Crippen LogP contribution in [-0.2, 0) is 4.74 Å². The molecule has 0 aliphatic heterocycles. The van der Waals surface area contributed by atoms with Crippen molar-refractivity contribution in [2.24, 2.45) is 0 Å². The average Bonchev–Trinajstić information content (AvgIpc) is 2.54. The molecule has 0 aliphatic carbocycles. The highest BCUT2D eigenvalue weighted by molar-refractivity contribution is 7.12. The third kappa shape index (κ3) is 3.42. The molecule has 1 aromatic rings. The van der Waals surface area contributed by atoms with Crippen LogP contribution in [0.3, 0.4) is 0 Å². The number of ether oxygens (including phenoxy) is 1. The van der Waals surface area contributed by atoms with E-state index in [1.165, 1.54) is 4.88 Å². The lowest BCUT2D eigenvalue weighted by atomic mass is 10.1. The second-order valence-electron chi connectivity index (χ2n) is 4.65. The first-order chi connectivity index (χ1) is 7.35. The number of hydrogen-bond acceptors (Lipinski definition) is 3. The molecule has 0 amide bonds. The maximum Gasteiger partial charge on any atom is 0.189 e. The number of Topliss-reactive ketones (excluding diaryl/α,β-unsaturated/α-hetero) is 1. The van der Waals surface area contributed by atoms with Gasteiger partial charge in [0, 0.05) is 15.3 Å². The van der Waals surface area contributed by atoms with Gasteiger partial charge in [-0.25, -0.2) is 0 Å². The molecule has 3 heteroatoms. The molecule has 1 aromatic heterocycles. The van der Waals surface area contributed by atoms with Gasteiger partial charge in [-0.2, -0.15) is 0 Å². The molecule has 2 nitrogen and oxygen atoms in total. The Kier molecular flexibility index (Phi) is 4.28. The van der Waals surface area contributed by atoms with Crippen molar-refractivity contribution in [2.45, 2.75) is 46.6 Å². The Hall–Kier alpha value is -0.670. The summed E-state index contributed by atoms with van der Waals surface area (Å²) < 4.78 is 5.61. The van der Waals surface area contributed by atoms with E-state index in [9.17, 15) is 4.79 Å². The zero-order chi connectivity index (χ0) is 12.3. The molecule has 0 atom stereocenters. The van der Waals surface area contributed by atoms with Gasteiger partial charge in [0.2, 0.25) is 0 Å². The van der Waals surface area contributed by atoms with Crippen LogP contribution in [0.25, 0.3) is 0 Å². The maximum absolute atomic E-state index is 11.9. The fourth-order valence-corrected chi connectivity index (χ4v) is 2.29. The number of carbonyl (C=O) groups excluding carboxylic acids is 1. The smallest absolute Gasteiger partial charge is 0.189 e. The Bertz CT molecular complexity index is 377. The van der Waals surface area contributed by atoms with E-state index in [0.717, 1.165) is 16.9 Å². The van der Waals surface area contributed by atoms with E-state index in [1.807, 2.05) is 33.8 Å². The average molecular weight is 240 g/mol. The van der Waals surface area contributed by atoms with E-state index < -0.39 is 0 Å². The Morgan fingerprint density at radius 2 is 2.06 bits per heavy atom. The van der Waals surface area contributed by atoms with Gasteiger partial charge in [-0.15, -0.1) is 11.3 Å². The fourth-order valence-electron chi connectivity index (χ4n) is 1.35. The first-order valence-electron chi connectivity index (χ1n) is 5.60. The van der Waals surface area contributed by atoms with Gasteiger partial charge in [0.05, 0.1) is 5.60 Å². The number of ketones is 1. The van der Waals surface area contributed by atoms with Crippen LogP contribution >= 0.6 is 11.3 Å². The third-order valence-corrected chi connectivity index (χ3v) is 3.75. The van der Waals surface area contributed by atoms with E-state index >= 15 is 0 Å². The third-order valence-electron chi connectivity index (χ3n) is 2.79. The number of aryl methyl sites for hydroxylation is 2. The van der Waals surface area contributed by atoms with Crippen molar-refractivity contribution >= 4 is 17.1 Å². The van der Waals surface area contributed by atoms with E-state index in [-0.39, 0.29) is 18.0 Å². The Labute approximate surface area is 102 Å². The van der Waals surface area contributed by atoms with Crippen molar-refractivity contribution in [2.75, 3.05) is 6.61 Å². The van der Waals surface area contributed by atoms with Crippen molar-refractivity contribution in [1.82, 2.24) is 0 Å². The Morgan fingerprint density at radius 1 is 1.44 bits per heavy atom. The van der Waals surface area contributed by atoms with Crippen LogP contribution in [0.1, 0.15) is 47.3 Å². The molecule has 1 heterocycles. The first-order valence-corrected chi connectivity index (χ1v) is 6.41. The predicted molar refractivity (Wildman–Crippen MR) is 68.4 cm³/mol. The number of rotatable bonds is 5.